The van der Waals surface area contributed by atoms with Gasteiger partial charge in [0.05, 0.1) is 4.90 Å². The number of hydrogen-bond donors (Lipinski definition) is 1. The van der Waals surface area contributed by atoms with Gasteiger partial charge in [0.25, 0.3) is 0 Å². The number of hydrogen-bond acceptors (Lipinski definition) is 2. The van der Waals surface area contributed by atoms with E-state index in [0.29, 0.717) is 16.3 Å². The lowest BCUT2D eigenvalue weighted by Crippen LogP contribution is -2.25. The smallest absolute Gasteiger partial charge is 0.211 e. The lowest BCUT2D eigenvalue weighted by atomic mass is 10.3. The van der Waals surface area contributed by atoms with Gasteiger partial charge in [0, 0.05) is 11.4 Å². The summed E-state index contributed by atoms with van der Waals surface area (Å²) in [6.07, 6.45) is 0.770. The van der Waals surface area contributed by atoms with Crippen molar-refractivity contribution in [3.8, 4) is 0 Å². The van der Waals surface area contributed by atoms with Crippen molar-refractivity contribution in [3.63, 3.8) is 0 Å². The third-order valence-electron chi connectivity index (χ3n) is 1.89. The molecule has 0 saturated carbocycles. The Morgan fingerprint density at radius 2 is 1.93 bits per heavy atom. The molecule has 0 aliphatic rings. The zero-order valence-electron chi connectivity index (χ0n) is 8.48. The first kappa shape index (κ1) is 12.7. The molecule has 0 aliphatic carbocycles. The normalized spacial score (nSPS) is 13.7. The summed E-state index contributed by atoms with van der Waals surface area (Å²) in [6.45, 7) is 2.43. The van der Waals surface area contributed by atoms with Gasteiger partial charge < -0.3 is 0 Å². The maximum atomic E-state index is 11.7. The van der Waals surface area contributed by atoms with Crippen molar-refractivity contribution in [2.24, 2.45) is 0 Å². The predicted molar refractivity (Wildman–Crippen MR) is 64.6 cm³/mol. The minimum Gasteiger partial charge on any atom is -0.211 e. The van der Waals surface area contributed by atoms with E-state index in [-0.39, 0.29) is 0 Å². The van der Waals surface area contributed by atoms with Crippen molar-refractivity contribution in [2.45, 2.75) is 23.1 Å². The van der Waals surface area contributed by atoms with Crippen molar-refractivity contribution in [3.05, 3.63) is 30.3 Å². The van der Waals surface area contributed by atoms with Gasteiger partial charge >= 0.3 is 0 Å². The molecule has 3 nitrogen and oxygen atoms in total. The molecule has 0 radical (unpaired) electrons. The van der Waals surface area contributed by atoms with Crippen LogP contribution < -0.4 is 4.72 Å². The molecule has 5 heteroatoms. The van der Waals surface area contributed by atoms with E-state index < -0.39 is 10.0 Å². The molecule has 0 aliphatic heterocycles. The van der Waals surface area contributed by atoms with Crippen LogP contribution in [0, 0.1) is 0 Å². The molecule has 1 atom stereocenters. The Balaban J connectivity index is 2.61. The number of alkyl halides is 1. The third kappa shape index (κ3) is 4.32. The van der Waals surface area contributed by atoms with Crippen LogP contribution in [0.3, 0.4) is 0 Å². The molecule has 1 unspecified atom stereocenters. The molecule has 0 saturated heterocycles. The molecule has 0 bridgehead atoms. The van der Waals surface area contributed by atoms with Crippen molar-refractivity contribution in [2.75, 3.05) is 6.54 Å². The van der Waals surface area contributed by atoms with Crippen LogP contribution in [0.5, 0.6) is 0 Å². The average molecular weight is 292 g/mol. The molecule has 0 fully saturated rings. The summed E-state index contributed by atoms with van der Waals surface area (Å²) in [5.74, 6) is 0. The van der Waals surface area contributed by atoms with Crippen LogP contribution in [0.25, 0.3) is 0 Å². The molecule has 1 N–H and O–H groups in total. The van der Waals surface area contributed by atoms with Gasteiger partial charge in [-0.05, 0) is 18.6 Å². The fourth-order valence-corrected chi connectivity index (χ4v) is 2.37. The Kier molecular flexibility index (Phi) is 4.76. The average Bonchev–Trinajstić information content (AvgIpc) is 2.18. The summed E-state index contributed by atoms with van der Waals surface area (Å²) in [5.41, 5.74) is 0. The predicted octanol–water partition coefficient (Wildman–Crippen LogP) is 2.14. The molecule has 0 heterocycles. The van der Waals surface area contributed by atoms with Crippen LogP contribution in [0.2, 0.25) is 0 Å². The summed E-state index contributed by atoms with van der Waals surface area (Å²) in [5, 5.41) is 0. The second-order valence-electron chi connectivity index (χ2n) is 3.28. The van der Waals surface area contributed by atoms with Crippen LogP contribution in [-0.2, 0) is 10.0 Å². The molecule has 0 amide bonds. The quantitative estimate of drug-likeness (QED) is 0.845. The summed E-state index contributed by atoms with van der Waals surface area (Å²) in [6, 6.07) is 8.38. The zero-order valence-corrected chi connectivity index (χ0v) is 10.9. The minimum absolute atomic E-state index is 0.312. The highest BCUT2D eigenvalue weighted by Crippen LogP contribution is 2.08. The van der Waals surface area contributed by atoms with Crippen LogP contribution in [0.4, 0.5) is 0 Å². The van der Waals surface area contributed by atoms with E-state index >= 15 is 0 Å². The number of halogens is 1. The maximum absolute atomic E-state index is 11.7. The molecule has 0 aromatic heterocycles. The van der Waals surface area contributed by atoms with E-state index in [0.717, 1.165) is 6.42 Å². The molecular weight excluding hydrogens is 278 g/mol. The standard InChI is InChI=1S/C10H14BrNO2S/c1-9(11)7-8-12-15(13,14)10-5-3-2-4-6-10/h2-6,9,12H,7-8H2,1H3. The largest absolute Gasteiger partial charge is 0.240 e. The van der Waals surface area contributed by atoms with Gasteiger partial charge in [-0.1, -0.05) is 41.1 Å². The molecule has 84 valence electrons. The van der Waals surface area contributed by atoms with E-state index in [1.165, 1.54) is 0 Å². The van der Waals surface area contributed by atoms with Gasteiger partial charge in [0.1, 0.15) is 0 Å². The van der Waals surface area contributed by atoms with E-state index in [1.807, 2.05) is 6.92 Å². The van der Waals surface area contributed by atoms with Crippen molar-refractivity contribution in [1.29, 1.82) is 0 Å². The summed E-state index contributed by atoms with van der Waals surface area (Å²) in [4.78, 5) is 0.628. The van der Waals surface area contributed by atoms with Gasteiger partial charge in [-0.25, -0.2) is 13.1 Å². The number of benzene rings is 1. The molecule has 15 heavy (non-hydrogen) atoms. The molecule has 1 rings (SSSR count). The van der Waals surface area contributed by atoms with Crippen molar-refractivity contribution in [1.82, 2.24) is 4.72 Å². The first-order valence-corrected chi connectivity index (χ1v) is 7.11. The summed E-state index contributed by atoms with van der Waals surface area (Å²) >= 11 is 3.36. The van der Waals surface area contributed by atoms with E-state index in [2.05, 4.69) is 20.7 Å². The highest BCUT2D eigenvalue weighted by atomic mass is 79.9. The van der Waals surface area contributed by atoms with Gasteiger partial charge in [-0.2, -0.15) is 0 Å². The molecular formula is C10H14BrNO2S. The van der Waals surface area contributed by atoms with Crippen LogP contribution in [0.1, 0.15) is 13.3 Å². The van der Waals surface area contributed by atoms with Gasteiger partial charge in [-0.3, -0.25) is 0 Å². The SMILES string of the molecule is CC(Br)CCNS(=O)(=O)c1ccccc1. The summed E-state index contributed by atoms with van der Waals surface area (Å²) < 4.78 is 25.9. The van der Waals surface area contributed by atoms with E-state index in [1.54, 1.807) is 30.3 Å². The maximum Gasteiger partial charge on any atom is 0.240 e. The molecule has 0 spiro atoms. The lowest BCUT2D eigenvalue weighted by Gasteiger charge is -2.07. The Morgan fingerprint density at radius 1 is 1.33 bits per heavy atom. The highest BCUT2D eigenvalue weighted by Gasteiger charge is 2.12. The van der Waals surface area contributed by atoms with Gasteiger partial charge in [0.2, 0.25) is 10.0 Å². The second-order valence-corrected chi connectivity index (χ2v) is 6.61. The van der Waals surface area contributed by atoms with Gasteiger partial charge in [0.15, 0.2) is 0 Å². The second kappa shape index (κ2) is 5.63. The van der Waals surface area contributed by atoms with Crippen LogP contribution >= 0.6 is 15.9 Å². The van der Waals surface area contributed by atoms with E-state index in [4.69, 9.17) is 0 Å². The summed E-state index contributed by atoms with van der Waals surface area (Å²) in [7, 11) is -3.33. The Bertz CT molecular complexity index is 389. The number of sulfonamides is 1. The molecule has 1 aromatic rings. The van der Waals surface area contributed by atoms with E-state index in [9.17, 15) is 8.42 Å². The lowest BCUT2D eigenvalue weighted by molar-refractivity contribution is 0.579. The highest BCUT2D eigenvalue weighted by molar-refractivity contribution is 9.09. The fraction of sp³-hybridized carbons (Fsp3) is 0.400. The fourth-order valence-electron chi connectivity index (χ4n) is 1.08. The first-order chi connectivity index (χ1) is 7.02. The Morgan fingerprint density at radius 3 is 2.47 bits per heavy atom. The van der Waals surface area contributed by atoms with Crippen molar-refractivity contribution >= 4 is 26.0 Å². The number of rotatable bonds is 5. The third-order valence-corrected chi connectivity index (χ3v) is 3.82. The van der Waals surface area contributed by atoms with Crippen LogP contribution in [0.15, 0.2) is 35.2 Å². The topological polar surface area (TPSA) is 46.2 Å². The number of nitrogens with one attached hydrogen (secondary N) is 1. The monoisotopic (exact) mass is 291 g/mol. The molecule has 1 aromatic carbocycles. The van der Waals surface area contributed by atoms with Gasteiger partial charge in [-0.15, -0.1) is 0 Å². The van der Waals surface area contributed by atoms with Crippen LogP contribution in [-0.4, -0.2) is 19.8 Å². The minimum atomic E-state index is -3.33. The first-order valence-electron chi connectivity index (χ1n) is 4.71. The Labute approximate surface area is 99.1 Å². The Hall–Kier alpha value is -0.390. The zero-order chi connectivity index (χ0) is 11.3. The van der Waals surface area contributed by atoms with Crippen molar-refractivity contribution < 1.29 is 8.42 Å².